The molecule has 3 aromatic rings. The van der Waals surface area contributed by atoms with Crippen molar-refractivity contribution in [2.24, 2.45) is 0 Å². The number of ether oxygens (including phenoxy) is 1. The molecule has 3 heterocycles. The van der Waals surface area contributed by atoms with Gasteiger partial charge in [0.25, 0.3) is 5.56 Å². The Hall–Kier alpha value is -2.69. The number of nitrogens with one attached hydrogen (secondary N) is 3. The third kappa shape index (κ3) is 3.75. The molecule has 166 valence electrons. The summed E-state index contributed by atoms with van der Waals surface area (Å²) in [6.45, 7) is 5.71. The largest absolute Gasteiger partial charge is 0.462 e. The second-order valence-corrected chi connectivity index (χ2v) is 9.50. The molecule has 4 rings (SSSR count). The first kappa shape index (κ1) is 21.5. The van der Waals surface area contributed by atoms with Crippen LogP contribution in [0.15, 0.2) is 34.1 Å². The van der Waals surface area contributed by atoms with Gasteiger partial charge in [-0.1, -0.05) is 13.8 Å². The van der Waals surface area contributed by atoms with Crippen LogP contribution >= 0.6 is 0 Å². The van der Waals surface area contributed by atoms with E-state index in [-0.39, 0.29) is 34.2 Å². The number of fused-ring (bicyclic) bond motifs is 3. The molecule has 1 aliphatic heterocycles. The minimum Gasteiger partial charge on any atom is -0.462 e. The monoisotopic (exact) mass is 446 g/mol. The van der Waals surface area contributed by atoms with Crippen LogP contribution in [-0.2, 0) is 14.8 Å². The highest BCUT2D eigenvalue weighted by molar-refractivity contribution is 7.89. The lowest BCUT2D eigenvalue weighted by Crippen LogP contribution is -2.41. The number of hydrogen-bond donors (Lipinski definition) is 3. The molecule has 0 saturated carbocycles. The number of aromatic nitrogens is 2. The van der Waals surface area contributed by atoms with Crippen molar-refractivity contribution in [2.75, 3.05) is 26.2 Å². The molecule has 1 fully saturated rings. The van der Waals surface area contributed by atoms with Gasteiger partial charge in [0.15, 0.2) is 0 Å². The fraction of sp³-hybridized carbons (Fsp3) is 0.429. The highest BCUT2D eigenvalue weighted by Crippen LogP contribution is 2.29. The van der Waals surface area contributed by atoms with Gasteiger partial charge in [-0.15, -0.1) is 0 Å². The Balaban J connectivity index is 1.89. The Morgan fingerprint density at radius 2 is 2.10 bits per heavy atom. The molecule has 0 unspecified atom stereocenters. The number of hydrogen-bond acceptors (Lipinski definition) is 6. The Labute approximate surface area is 179 Å². The number of H-pyrrole nitrogens is 2. The maximum atomic E-state index is 13.4. The van der Waals surface area contributed by atoms with E-state index < -0.39 is 16.0 Å². The normalized spacial score (nSPS) is 17.1. The van der Waals surface area contributed by atoms with Gasteiger partial charge in [-0.2, -0.15) is 4.31 Å². The van der Waals surface area contributed by atoms with E-state index >= 15 is 0 Å². The highest BCUT2D eigenvalue weighted by Gasteiger charge is 2.32. The van der Waals surface area contributed by atoms with Crippen LogP contribution in [0.4, 0.5) is 0 Å². The molecule has 0 radical (unpaired) electrons. The van der Waals surface area contributed by atoms with Crippen molar-refractivity contribution < 1.29 is 17.9 Å². The van der Waals surface area contributed by atoms with Gasteiger partial charge in [-0.25, -0.2) is 13.2 Å². The molecule has 0 amide bonds. The van der Waals surface area contributed by atoms with E-state index in [0.29, 0.717) is 35.8 Å². The molecule has 2 aromatic heterocycles. The minimum absolute atomic E-state index is 0.104. The standard InChI is InChI=1S/C21H26N4O5S/c1-3-9-30-21(27)16-12-23-19-18(16)15-10-14(5-6-17(15)24-20(19)26)31(28,29)25(4-2)13-7-8-22-11-13/h5-6,10,12-13,22-23H,3-4,7-9,11H2,1-2H3,(H,24,26)/t13-/m0/s1. The third-order valence-corrected chi connectivity index (χ3v) is 7.66. The van der Waals surface area contributed by atoms with Gasteiger partial charge >= 0.3 is 5.97 Å². The van der Waals surface area contributed by atoms with E-state index in [1.54, 1.807) is 6.07 Å². The second kappa shape index (κ2) is 8.45. The Morgan fingerprint density at radius 1 is 1.29 bits per heavy atom. The van der Waals surface area contributed by atoms with Gasteiger partial charge in [0.05, 0.1) is 17.1 Å². The van der Waals surface area contributed by atoms with E-state index in [2.05, 4.69) is 15.3 Å². The first-order valence-corrected chi connectivity index (χ1v) is 11.9. The van der Waals surface area contributed by atoms with Crippen molar-refractivity contribution >= 4 is 37.8 Å². The van der Waals surface area contributed by atoms with Gasteiger partial charge in [0, 0.05) is 41.6 Å². The third-order valence-electron chi connectivity index (χ3n) is 5.63. The number of pyridine rings is 1. The number of carbonyl (C=O) groups excluding carboxylic acids is 1. The van der Waals surface area contributed by atoms with Gasteiger partial charge in [0.2, 0.25) is 10.0 Å². The van der Waals surface area contributed by atoms with Gasteiger partial charge in [0.1, 0.15) is 5.52 Å². The lowest BCUT2D eigenvalue weighted by Gasteiger charge is -2.26. The molecular formula is C21H26N4O5S. The van der Waals surface area contributed by atoms with E-state index in [1.807, 2.05) is 13.8 Å². The molecule has 0 bridgehead atoms. The molecule has 1 atom stereocenters. The molecule has 31 heavy (non-hydrogen) atoms. The van der Waals surface area contributed by atoms with Gasteiger partial charge in [-0.3, -0.25) is 4.79 Å². The van der Waals surface area contributed by atoms with Crippen LogP contribution in [0.2, 0.25) is 0 Å². The van der Waals surface area contributed by atoms with E-state index in [4.69, 9.17) is 4.74 Å². The number of aromatic amines is 2. The first-order chi connectivity index (χ1) is 14.9. The van der Waals surface area contributed by atoms with E-state index in [9.17, 15) is 18.0 Å². The number of carbonyl (C=O) groups is 1. The van der Waals surface area contributed by atoms with Crippen LogP contribution < -0.4 is 10.9 Å². The summed E-state index contributed by atoms with van der Waals surface area (Å²) in [6.07, 6.45) is 2.85. The fourth-order valence-electron chi connectivity index (χ4n) is 4.15. The zero-order chi connectivity index (χ0) is 22.2. The maximum Gasteiger partial charge on any atom is 0.340 e. The van der Waals surface area contributed by atoms with Crippen LogP contribution in [0.25, 0.3) is 21.8 Å². The Kier molecular flexibility index (Phi) is 5.87. The van der Waals surface area contributed by atoms with E-state index in [1.165, 1.54) is 22.6 Å². The predicted molar refractivity (Wildman–Crippen MR) is 118 cm³/mol. The van der Waals surface area contributed by atoms with Crippen molar-refractivity contribution in [2.45, 2.75) is 37.6 Å². The number of benzene rings is 1. The molecule has 1 saturated heterocycles. The summed E-state index contributed by atoms with van der Waals surface area (Å²) in [5.74, 6) is -0.555. The van der Waals surface area contributed by atoms with Crippen LogP contribution in [-0.4, -0.2) is 60.9 Å². The average Bonchev–Trinajstić information content (AvgIpc) is 3.43. The quantitative estimate of drug-likeness (QED) is 0.477. The van der Waals surface area contributed by atoms with Gasteiger partial charge < -0.3 is 20.0 Å². The van der Waals surface area contributed by atoms with Crippen LogP contribution in [0, 0.1) is 0 Å². The lowest BCUT2D eigenvalue weighted by molar-refractivity contribution is 0.0507. The number of rotatable bonds is 7. The van der Waals surface area contributed by atoms with Crippen molar-refractivity contribution in [1.82, 2.24) is 19.6 Å². The smallest absolute Gasteiger partial charge is 0.340 e. The highest BCUT2D eigenvalue weighted by atomic mass is 32.2. The number of esters is 1. The predicted octanol–water partition coefficient (Wildman–Crippen LogP) is 1.95. The van der Waals surface area contributed by atoms with Crippen LogP contribution in [0.3, 0.4) is 0 Å². The number of nitrogens with zero attached hydrogens (tertiary/aromatic N) is 1. The molecule has 1 aromatic carbocycles. The maximum absolute atomic E-state index is 13.4. The Bertz CT molecular complexity index is 1290. The fourth-order valence-corrected chi connectivity index (χ4v) is 5.84. The van der Waals surface area contributed by atoms with Crippen molar-refractivity contribution in [3.8, 4) is 0 Å². The number of likely N-dealkylation sites (N-methyl/N-ethyl adjacent to an activating group) is 1. The average molecular weight is 447 g/mol. The SMILES string of the molecule is CCCOC(=O)c1c[nH]c2c(=O)[nH]c3ccc(S(=O)(=O)N(CC)[C@H]4CCNC4)cc3c12. The first-order valence-electron chi connectivity index (χ1n) is 10.4. The Morgan fingerprint density at radius 3 is 2.77 bits per heavy atom. The summed E-state index contributed by atoms with van der Waals surface area (Å²) >= 11 is 0. The molecule has 1 aliphatic rings. The van der Waals surface area contributed by atoms with Crippen molar-refractivity contribution in [1.29, 1.82) is 0 Å². The molecular weight excluding hydrogens is 420 g/mol. The minimum atomic E-state index is -3.76. The summed E-state index contributed by atoms with van der Waals surface area (Å²) in [7, 11) is -3.76. The summed E-state index contributed by atoms with van der Waals surface area (Å²) < 4.78 is 33.6. The zero-order valence-corrected chi connectivity index (χ0v) is 18.3. The molecule has 0 aliphatic carbocycles. The molecule has 10 heteroatoms. The second-order valence-electron chi connectivity index (χ2n) is 7.60. The van der Waals surface area contributed by atoms with Crippen molar-refractivity contribution in [3.63, 3.8) is 0 Å². The van der Waals surface area contributed by atoms with Gasteiger partial charge in [-0.05, 0) is 37.6 Å². The lowest BCUT2D eigenvalue weighted by atomic mass is 10.1. The van der Waals surface area contributed by atoms with Crippen molar-refractivity contribution in [3.05, 3.63) is 40.3 Å². The summed E-state index contributed by atoms with van der Waals surface area (Å²) in [5, 5.41) is 4.04. The topological polar surface area (TPSA) is 124 Å². The summed E-state index contributed by atoms with van der Waals surface area (Å²) in [6, 6.07) is 4.48. The molecule has 9 nitrogen and oxygen atoms in total. The van der Waals surface area contributed by atoms with Crippen LogP contribution in [0.5, 0.6) is 0 Å². The summed E-state index contributed by atoms with van der Waals surface area (Å²) in [4.78, 5) is 30.7. The molecule has 0 spiro atoms. The molecule has 3 N–H and O–H groups in total. The van der Waals surface area contributed by atoms with Crippen LogP contribution in [0.1, 0.15) is 37.0 Å². The van der Waals surface area contributed by atoms with E-state index in [0.717, 1.165) is 13.0 Å². The zero-order valence-electron chi connectivity index (χ0n) is 17.5. The summed E-state index contributed by atoms with van der Waals surface area (Å²) in [5.41, 5.74) is 0.477. The number of sulfonamides is 1.